The van der Waals surface area contributed by atoms with Crippen molar-refractivity contribution in [3.63, 3.8) is 0 Å². The molecule has 214 valence electrons. The van der Waals surface area contributed by atoms with Crippen LogP contribution in [0.2, 0.25) is 0 Å². The molecule has 2 aliphatic heterocycles. The summed E-state index contributed by atoms with van der Waals surface area (Å²) in [5.74, 6) is -0.910. The molecular formula is C34H34N4O3S. The highest BCUT2D eigenvalue weighted by Gasteiger charge is 2.36. The number of aliphatic imine (C=N–C) groups is 1. The zero-order chi connectivity index (χ0) is 29.1. The van der Waals surface area contributed by atoms with Gasteiger partial charge in [-0.05, 0) is 97.6 Å². The highest BCUT2D eigenvalue weighted by molar-refractivity contribution is 7.92. The number of piperidine rings is 1. The molecule has 42 heavy (non-hydrogen) atoms. The molecule has 0 saturated carbocycles. The van der Waals surface area contributed by atoms with Gasteiger partial charge in [-0.15, -0.1) is 0 Å². The number of carbonyl (C=O) groups excluding carboxylic acids is 1. The molecule has 1 amide bonds. The molecule has 1 fully saturated rings. The van der Waals surface area contributed by atoms with Crippen molar-refractivity contribution in [3.8, 4) is 0 Å². The summed E-state index contributed by atoms with van der Waals surface area (Å²) in [6.07, 6.45) is 3.82. The van der Waals surface area contributed by atoms with Gasteiger partial charge >= 0.3 is 0 Å². The van der Waals surface area contributed by atoms with E-state index in [-0.39, 0.29) is 10.8 Å². The minimum absolute atomic E-state index is 0.184. The van der Waals surface area contributed by atoms with E-state index >= 15 is 0 Å². The molecule has 2 aliphatic rings. The van der Waals surface area contributed by atoms with Crippen LogP contribution < -0.4 is 10.0 Å². The summed E-state index contributed by atoms with van der Waals surface area (Å²) in [5, 5.41) is 2.96. The van der Waals surface area contributed by atoms with Crippen LogP contribution in [0, 0.1) is 6.92 Å². The van der Waals surface area contributed by atoms with Crippen molar-refractivity contribution in [1.82, 2.24) is 4.90 Å². The second-order valence-corrected chi connectivity index (χ2v) is 12.7. The van der Waals surface area contributed by atoms with Crippen LogP contribution in [0.5, 0.6) is 0 Å². The maximum Gasteiger partial charge on any atom is 0.261 e. The Morgan fingerprint density at radius 1 is 0.905 bits per heavy atom. The second-order valence-electron chi connectivity index (χ2n) is 11.0. The number of nitrogens with one attached hydrogen (secondary N) is 2. The zero-order valence-electron chi connectivity index (χ0n) is 23.6. The number of hydrogen-bond donors (Lipinski definition) is 2. The first-order valence-corrected chi connectivity index (χ1v) is 15.8. The molecule has 7 nitrogen and oxygen atoms in total. The lowest BCUT2D eigenvalue weighted by Crippen LogP contribution is -2.28. The Hall–Kier alpha value is -4.27. The number of aryl methyl sites for hydroxylation is 1. The van der Waals surface area contributed by atoms with Gasteiger partial charge in [-0.25, -0.2) is 8.42 Å². The van der Waals surface area contributed by atoms with Crippen LogP contribution in [-0.4, -0.2) is 38.0 Å². The maximum atomic E-state index is 13.4. The van der Waals surface area contributed by atoms with E-state index in [1.165, 1.54) is 24.8 Å². The van der Waals surface area contributed by atoms with E-state index < -0.39 is 15.9 Å². The van der Waals surface area contributed by atoms with Gasteiger partial charge in [0, 0.05) is 17.9 Å². The van der Waals surface area contributed by atoms with Gasteiger partial charge in [-0.2, -0.15) is 0 Å². The van der Waals surface area contributed by atoms with E-state index in [2.05, 4.69) is 27.1 Å². The summed E-state index contributed by atoms with van der Waals surface area (Å²) in [7, 11) is -3.81. The number of hydrogen-bond acceptors (Lipinski definition) is 5. The Kier molecular flexibility index (Phi) is 7.91. The second kappa shape index (κ2) is 11.9. The van der Waals surface area contributed by atoms with Crippen LogP contribution >= 0.6 is 0 Å². The smallest absolute Gasteiger partial charge is 0.261 e. The fourth-order valence-corrected chi connectivity index (χ4v) is 6.84. The number of nitrogens with zero attached hydrogens (tertiary/aromatic N) is 2. The van der Waals surface area contributed by atoms with Crippen LogP contribution in [-0.2, 0) is 21.4 Å². The van der Waals surface area contributed by atoms with Gasteiger partial charge < -0.3 is 5.32 Å². The zero-order valence-corrected chi connectivity index (χ0v) is 24.4. The third-order valence-electron chi connectivity index (χ3n) is 7.82. The van der Waals surface area contributed by atoms with Gasteiger partial charge in [0.1, 0.15) is 5.92 Å². The lowest BCUT2D eigenvalue weighted by Gasteiger charge is -2.26. The third-order valence-corrected chi connectivity index (χ3v) is 9.20. The highest BCUT2D eigenvalue weighted by atomic mass is 32.2. The van der Waals surface area contributed by atoms with Crippen molar-refractivity contribution in [2.24, 2.45) is 4.99 Å². The monoisotopic (exact) mass is 578 g/mol. The Morgan fingerprint density at radius 2 is 1.67 bits per heavy atom. The molecule has 0 spiro atoms. The number of benzene rings is 4. The highest BCUT2D eigenvalue weighted by Crippen LogP contribution is 2.38. The molecule has 6 rings (SSSR count). The Bertz CT molecular complexity index is 1730. The van der Waals surface area contributed by atoms with Crippen LogP contribution in [0.15, 0.2) is 107 Å². The quantitative estimate of drug-likeness (QED) is 0.229. The molecule has 4 aromatic carbocycles. The van der Waals surface area contributed by atoms with Gasteiger partial charge in [0.05, 0.1) is 16.3 Å². The Labute approximate surface area is 247 Å². The summed E-state index contributed by atoms with van der Waals surface area (Å²) < 4.78 is 28.9. The fraction of sp³-hybridized carbons (Fsp3) is 0.235. The maximum absolute atomic E-state index is 13.4. The standard InChI is InChI=1S/C34H34N4O3S/c1-24-9-8-12-29(21-24)42(40,41)37-28-17-18-31-30(22-28)32(34(39)36-31)33(26-10-4-2-5-11-26)35-27-15-13-25(14-16-27)23-38-19-6-3-7-20-38/h2,4-5,8-18,21-22,32,37H,3,6-7,19-20,23H2,1H3,(H,36,39). The molecule has 4 aromatic rings. The van der Waals surface area contributed by atoms with Gasteiger partial charge in [0.2, 0.25) is 5.91 Å². The first-order valence-electron chi connectivity index (χ1n) is 14.4. The summed E-state index contributed by atoms with van der Waals surface area (Å²) in [5.41, 5.74) is 5.98. The third kappa shape index (κ3) is 6.15. The van der Waals surface area contributed by atoms with Crippen LogP contribution in [0.25, 0.3) is 0 Å². The normalized spacial score (nSPS) is 17.5. The van der Waals surface area contributed by atoms with Crippen molar-refractivity contribution in [1.29, 1.82) is 0 Å². The molecule has 8 heteroatoms. The first kappa shape index (κ1) is 27.9. The molecule has 1 atom stereocenters. The molecule has 0 bridgehead atoms. The molecule has 1 saturated heterocycles. The minimum atomic E-state index is -3.81. The number of sulfonamides is 1. The topological polar surface area (TPSA) is 90.9 Å². The molecule has 0 aromatic heterocycles. The van der Waals surface area contributed by atoms with Crippen molar-refractivity contribution in [2.45, 2.75) is 43.5 Å². The lowest BCUT2D eigenvalue weighted by atomic mass is 9.90. The van der Waals surface area contributed by atoms with Crippen LogP contribution in [0.3, 0.4) is 0 Å². The van der Waals surface area contributed by atoms with Gasteiger partial charge in [-0.3, -0.25) is 19.4 Å². The Balaban J connectivity index is 1.33. The van der Waals surface area contributed by atoms with Crippen molar-refractivity contribution >= 4 is 38.7 Å². The van der Waals surface area contributed by atoms with E-state index in [1.807, 2.05) is 55.5 Å². The first-order chi connectivity index (χ1) is 20.4. The largest absolute Gasteiger partial charge is 0.325 e. The van der Waals surface area contributed by atoms with Crippen molar-refractivity contribution in [2.75, 3.05) is 23.1 Å². The molecule has 2 N–H and O–H groups in total. The number of fused-ring (bicyclic) bond motifs is 1. The summed E-state index contributed by atoms with van der Waals surface area (Å²) in [4.78, 5) is 21.1. The summed E-state index contributed by atoms with van der Waals surface area (Å²) >= 11 is 0. The predicted octanol–water partition coefficient (Wildman–Crippen LogP) is 6.64. The van der Waals surface area contributed by atoms with Crippen LogP contribution in [0.1, 0.15) is 47.4 Å². The van der Waals surface area contributed by atoms with Gasteiger partial charge in [-0.1, -0.05) is 61.0 Å². The molecule has 0 radical (unpaired) electrons. The summed E-state index contributed by atoms with van der Waals surface area (Å²) in [6, 6.07) is 29.8. The van der Waals surface area contributed by atoms with Gasteiger partial charge in [0.25, 0.3) is 10.0 Å². The number of rotatable bonds is 8. The molecule has 0 aliphatic carbocycles. The average molecular weight is 579 g/mol. The minimum Gasteiger partial charge on any atom is -0.325 e. The van der Waals surface area contributed by atoms with E-state index in [0.29, 0.717) is 22.6 Å². The van der Waals surface area contributed by atoms with Crippen molar-refractivity contribution in [3.05, 3.63) is 119 Å². The number of likely N-dealkylation sites (tertiary alicyclic amines) is 1. The van der Waals surface area contributed by atoms with E-state index in [0.717, 1.165) is 36.4 Å². The summed E-state index contributed by atoms with van der Waals surface area (Å²) in [6.45, 7) is 5.05. The fourth-order valence-electron chi connectivity index (χ4n) is 5.69. The molecule has 2 heterocycles. The number of carbonyl (C=O) groups is 1. The predicted molar refractivity (Wildman–Crippen MR) is 168 cm³/mol. The average Bonchev–Trinajstić information content (AvgIpc) is 3.32. The van der Waals surface area contributed by atoms with E-state index in [9.17, 15) is 13.2 Å². The molecular weight excluding hydrogens is 544 g/mol. The Morgan fingerprint density at radius 3 is 2.40 bits per heavy atom. The number of amides is 1. The lowest BCUT2D eigenvalue weighted by molar-refractivity contribution is -0.115. The van der Waals surface area contributed by atoms with Crippen molar-refractivity contribution < 1.29 is 13.2 Å². The van der Waals surface area contributed by atoms with Crippen LogP contribution in [0.4, 0.5) is 17.1 Å². The van der Waals surface area contributed by atoms with Gasteiger partial charge in [0.15, 0.2) is 0 Å². The molecule has 1 unspecified atom stereocenters. The number of anilines is 2. The van der Waals surface area contributed by atoms with E-state index in [1.54, 1.807) is 36.4 Å². The van der Waals surface area contributed by atoms with E-state index in [4.69, 9.17) is 4.99 Å². The SMILES string of the molecule is Cc1cccc(S(=O)(=O)Nc2ccc3c(c2)C(C(=Nc2ccc(CN4CCCCC4)cc2)c2ccccc2)C(=O)N3)c1.